The molecule has 3 nitrogen and oxygen atoms in total. The Bertz CT molecular complexity index is 541. The van der Waals surface area contributed by atoms with Crippen molar-refractivity contribution < 1.29 is 4.79 Å². The van der Waals surface area contributed by atoms with Crippen LogP contribution < -0.4 is 5.32 Å². The van der Waals surface area contributed by atoms with Crippen molar-refractivity contribution in [1.29, 1.82) is 0 Å². The molecule has 1 heterocycles. The van der Waals surface area contributed by atoms with Gasteiger partial charge in [-0.05, 0) is 30.4 Å². The highest BCUT2D eigenvalue weighted by Crippen LogP contribution is 2.21. The lowest BCUT2D eigenvalue weighted by molar-refractivity contribution is 0.0953. The SMILES string of the molecule is O=C(NC1CC1)c1cccc2cnccc12. The van der Waals surface area contributed by atoms with Crippen LogP contribution >= 0.6 is 0 Å². The average molecular weight is 212 g/mol. The highest BCUT2D eigenvalue weighted by Gasteiger charge is 2.24. The number of fused-ring (bicyclic) bond motifs is 1. The van der Waals surface area contributed by atoms with Crippen molar-refractivity contribution in [3.05, 3.63) is 42.2 Å². The van der Waals surface area contributed by atoms with Gasteiger partial charge in [0, 0.05) is 29.4 Å². The van der Waals surface area contributed by atoms with Crippen LogP contribution in [-0.2, 0) is 0 Å². The maximum Gasteiger partial charge on any atom is 0.252 e. The molecule has 80 valence electrons. The topological polar surface area (TPSA) is 42.0 Å². The fourth-order valence-electron chi connectivity index (χ4n) is 1.81. The molecule has 0 unspecified atom stereocenters. The van der Waals surface area contributed by atoms with Gasteiger partial charge < -0.3 is 5.32 Å². The summed E-state index contributed by atoms with van der Waals surface area (Å²) in [7, 11) is 0. The number of carbonyl (C=O) groups excluding carboxylic acids is 1. The van der Waals surface area contributed by atoms with Crippen molar-refractivity contribution in [2.75, 3.05) is 0 Å². The smallest absolute Gasteiger partial charge is 0.252 e. The second-order valence-corrected chi connectivity index (χ2v) is 4.15. The third-order valence-corrected chi connectivity index (χ3v) is 2.84. The summed E-state index contributed by atoms with van der Waals surface area (Å²) in [6.07, 6.45) is 5.72. The van der Waals surface area contributed by atoms with Crippen LogP contribution in [0.5, 0.6) is 0 Å². The van der Waals surface area contributed by atoms with Crippen LogP contribution in [0.15, 0.2) is 36.7 Å². The molecule has 0 spiro atoms. The molecule has 0 saturated heterocycles. The third-order valence-electron chi connectivity index (χ3n) is 2.84. The van der Waals surface area contributed by atoms with Gasteiger partial charge in [-0.15, -0.1) is 0 Å². The van der Waals surface area contributed by atoms with Gasteiger partial charge in [0.15, 0.2) is 0 Å². The fourth-order valence-corrected chi connectivity index (χ4v) is 1.81. The molecule has 0 atom stereocenters. The monoisotopic (exact) mass is 212 g/mol. The van der Waals surface area contributed by atoms with Crippen molar-refractivity contribution in [2.45, 2.75) is 18.9 Å². The first-order valence-corrected chi connectivity index (χ1v) is 5.48. The van der Waals surface area contributed by atoms with Gasteiger partial charge in [-0.2, -0.15) is 0 Å². The number of rotatable bonds is 2. The number of pyridine rings is 1. The Kier molecular flexibility index (Phi) is 2.10. The van der Waals surface area contributed by atoms with Crippen molar-refractivity contribution in [3.63, 3.8) is 0 Å². The van der Waals surface area contributed by atoms with E-state index in [0.29, 0.717) is 6.04 Å². The fraction of sp³-hybridized carbons (Fsp3) is 0.231. The van der Waals surface area contributed by atoms with Crippen LogP contribution in [0.2, 0.25) is 0 Å². The minimum Gasteiger partial charge on any atom is -0.349 e. The van der Waals surface area contributed by atoms with Crippen LogP contribution in [0.3, 0.4) is 0 Å². The number of benzene rings is 1. The minimum absolute atomic E-state index is 0.0271. The van der Waals surface area contributed by atoms with Gasteiger partial charge in [0.25, 0.3) is 5.91 Å². The quantitative estimate of drug-likeness (QED) is 0.828. The summed E-state index contributed by atoms with van der Waals surface area (Å²) < 4.78 is 0. The molecule has 16 heavy (non-hydrogen) atoms. The van der Waals surface area contributed by atoms with E-state index in [0.717, 1.165) is 29.2 Å². The Morgan fingerprint density at radius 1 is 1.31 bits per heavy atom. The first-order chi connectivity index (χ1) is 7.84. The molecule has 0 aliphatic heterocycles. The van der Waals surface area contributed by atoms with Gasteiger partial charge >= 0.3 is 0 Å². The third kappa shape index (κ3) is 1.65. The summed E-state index contributed by atoms with van der Waals surface area (Å²) in [4.78, 5) is 16.0. The van der Waals surface area contributed by atoms with Crippen LogP contribution in [-0.4, -0.2) is 16.9 Å². The summed E-state index contributed by atoms with van der Waals surface area (Å²) in [5, 5.41) is 4.98. The lowest BCUT2D eigenvalue weighted by atomic mass is 10.1. The summed E-state index contributed by atoms with van der Waals surface area (Å²) >= 11 is 0. The van der Waals surface area contributed by atoms with E-state index < -0.39 is 0 Å². The van der Waals surface area contributed by atoms with E-state index in [4.69, 9.17) is 0 Å². The normalized spacial score (nSPS) is 15.0. The van der Waals surface area contributed by atoms with E-state index in [2.05, 4.69) is 10.3 Å². The summed E-state index contributed by atoms with van der Waals surface area (Å²) in [6, 6.07) is 8.00. The summed E-state index contributed by atoms with van der Waals surface area (Å²) in [5.74, 6) is 0.0271. The van der Waals surface area contributed by atoms with Crippen molar-refractivity contribution in [1.82, 2.24) is 10.3 Å². The molecule has 3 heteroatoms. The summed E-state index contributed by atoms with van der Waals surface area (Å²) in [5.41, 5.74) is 0.742. The molecule has 3 rings (SSSR count). The van der Waals surface area contributed by atoms with E-state index in [1.807, 2.05) is 24.3 Å². The zero-order valence-electron chi connectivity index (χ0n) is 8.81. The standard InChI is InChI=1S/C13H12N2O/c16-13(15-10-4-5-10)12-3-1-2-9-8-14-7-6-11(9)12/h1-3,6-8,10H,4-5H2,(H,15,16). The van der Waals surface area contributed by atoms with Gasteiger partial charge in [-0.1, -0.05) is 12.1 Å². The van der Waals surface area contributed by atoms with E-state index in [1.54, 1.807) is 12.4 Å². The van der Waals surface area contributed by atoms with Gasteiger partial charge in [0.1, 0.15) is 0 Å². The molecule has 2 aromatic rings. The Hall–Kier alpha value is -1.90. The van der Waals surface area contributed by atoms with E-state index >= 15 is 0 Å². The van der Waals surface area contributed by atoms with Crippen LogP contribution in [0.25, 0.3) is 10.8 Å². The zero-order chi connectivity index (χ0) is 11.0. The second kappa shape index (κ2) is 3.59. The second-order valence-electron chi connectivity index (χ2n) is 4.15. The number of aromatic nitrogens is 1. The molecule has 1 fully saturated rings. The molecular formula is C13H12N2O. The molecule has 1 aliphatic carbocycles. The molecular weight excluding hydrogens is 200 g/mol. The number of nitrogens with zero attached hydrogens (tertiary/aromatic N) is 1. The van der Waals surface area contributed by atoms with Crippen LogP contribution in [0.1, 0.15) is 23.2 Å². The molecule has 0 radical (unpaired) electrons. The van der Waals surface area contributed by atoms with Crippen molar-refractivity contribution >= 4 is 16.7 Å². The molecule has 1 aromatic carbocycles. The summed E-state index contributed by atoms with van der Waals surface area (Å²) in [6.45, 7) is 0. The lowest BCUT2D eigenvalue weighted by Crippen LogP contribution is -2.25. The maximum absolute atomic E-state index is 12.0. The van der Waals surface area contributed by atoms with Gasteiger partial charge in [0.05, 0.1) is 0 Å². The van der Waals surface area contributed by atoms with Crippen LogP contribution in [0.4, 0.5) is 0 Å². The Morgan fingerprint density at radius 3 is 3.00 bits per heavy atom. The van der Waals surface area contributed by atoms with Gasteiger partial charge in [-0.25, -0.2) is 0 Å². The zero-order valence-corrected chi connectivity index (χ0v) is 8.81. The highest BCUT2D eigenvalue weighted by molar-refractivity contribution is 6.06. The molecule has 1 aliphatic rings. The lowest BCUT2D eigenvalue weighted by Gasteiger charge is -2.06. The molecule has 0 bridgehead atoms. The van der Waals surface area contributed by atoms with E-state index in [1.165, 1.54) is 0 Å². The van der Waals surface area contributed by atoms with E-state index in [9.17, 15) is 4.79 Å². The molecule has 1 amide bonds. The van der Waals surface area contributed by atoms with Gasteiger partial charge in [0.2, 0.25) is 0 Å². The van der Waals surface area contributed by atoms with Gasteiger partial charge in [-0.3, -0.25) is 9.78 Å². The average Bonchev–Trinajstić information content (AvgIpc) is 3.12. The number of hydrogen-bond donors (Lipinski definition) is 1. The Labute approximate surface area is 93.5 Å². The Balaban J connectivity index is 2.04. The Morgan fingerprint density at radius 2 is 2.19 bits per heavy atom. The molecule has 1 N–H and O–H groups in total. The predicted octanol–water partition coefficient (Wildman–Crippen LogP) is 2.13. The largest absolute Gasteiger partial charge is 0.349 e. The number of nitrogens with one attached hydrogen (secondary N) is 1. The number of amides is 1. The first kappa shape index (κ1) is 9.33. The predicted molar refractivity (Wildman–Crippen MR) is 62.2 cm³/mol. The van der Waals surface area contributed by atoms with Crippen LogP contribution in [0, 0.1) is 0 Å². The first-order valence-electron chi connectivity index (χ1n) is 5.48. The molecule has 1 saturated carbocycles. The number of carbonyl (C=O) groups is 1. The van der Waals surface area contributed by atoms with Crippen molar-refractivity contribution in [2.24, 2.45) is 0 Å². The van der Waals surface area contributed by atoms with E-state index in [-0.39, 0.29) is 5.91 Å². The van der Waals surface area contributed by atoms with Crippen molar-refractivity contribution in [3.8, 4) is 0 Å². The highest BCUT2D eigenvalue weighted by atomic mass is 16.1. The maximum atomic E-state index is 12.0. The molecule has 1 aromatic heterocycles. The number of hydrogen-bond acceptors (Lipinski definition) is 2. The minimum atomic E-state index is 0.0271.